The lowest BCUT2D eigenvalue weighted by Gasteiger charge is -2.12. The van der Waals surface area contributed by atoms with Crippen LogP contribution in [0.15, 0.2) is 71.6 Å². The van der Waals surface area contributed by atoms with Crippen LogP contribution in [0.5, 0.6) is 5.75 Å². The second-order valence-corrected chi connectivity index (χ2v) is 9.56. The number of ether oxygens (including phenoxy) is 1. The van der Waals surface area contributed by atoms with E-state index >= 15 is 0 Å². The summed E-state index contributed by atoms with van der Waals surface area (Å²) in [6.07, 6.45) is 1.55. The molecule has 1 fully saturated rings. The molecule has 1 heterocycles. The Balaban J connectivity index is 1.40. The fourth-order valence-electron chi connectivity index (χ4n) is 3.20. The molecule has 0 aliphatic carbocycles. The van der Waals surface area contributed by atoms with Gasteiger partial charge in [-0.3, -0.25) is 19.3 Å². The van der Waals surface area contributed by atoms with Gasteiger partial charge in [-0.1, -0.05) is 30.3 Å². The maximum absolute atomic E-state index is 13.7. The molecular formula is C25H17F2IN2O4S. The number of anilines is 1. The van der Waals surface area contributed by atoms with E-state index in [0.29, 0.717) is 16.9 Å². The Bertz CT molecular complexity index is 1350. The molecule has 0 aromatic heterocycles. The molecule has 0 atom stereocenters. The van der Waals surface area contributed by atoms with Crippen LogP contribution in [-0.4, -0.2) is 28.5 Å². The minimum atomic E-state index is -0.687. The number of para-hydroxylation sites is 1. The van der Waals surface area contributed by atoms with Crippen LogP contribution in [0, 0.1) is 15.2 Å². The van der Waals surface area contributed by atoms with E-state index in [1.54, 1.807) is 42.5 Å². The van der Waals surface area contributed by atoms with Crippen LogP contribution in [0.1, 0.15) is 11.1 Å². The molecule has 10 heteroatoms. The van der Waals surface area contributed by atoms with E-state index in [-0.39, 0.29) is 23.0 Å². The van der Waals surface area contributed by atoms with Gasteiger partial charge in [-0.2, -0.15) is 0 Å². The molecule has 178 valence electrons. The number of nitrogens with one attached hydrogen (secondary N) is 1. The average molecular weight is 606 g/mol. The average Bonchev–Trinajstić information content (AvgIpc) is 3.07. The molecule has 0 spiro atoms. The van der Waals surface area contributed by atoms with Crippen LogP contribution in [0.25, 0.3) is 6.08 Å². The summed E-state index contributed by atoms with van der Waals surface area (Å²) in [5.74, 6) is -1.66. The van der Waals surface area contributed by atoms with Crippen molar-refractivity contribution in [3.63, 3.8) is 0 Å². The predicted octanol–water partition coefficient (Wildman–Crippen LogP) is 5.82. The van der Waals surface area contributed by atoms with Gasteiger partial charge >= 0.3 is 0 Å². The molecule has 6 nitrogen and oxygen atoms in total. The van der Waals surface area contributed by atoms with Gasteiger partial charge in [-0.25, -0.2) is 8.78 Å². The Morgan fingerprint density at radius 3 is 2.60 bits per heavy atom. The SMILES string of the molecule is O=C(CN1C(=O)S/C(=C\c2ccc(OCc3cccc(F)c3)c(I)c2)C1=O)Nc1ccccc1F. The topological polar surface area (TPSA) is 75.7 Å². The summed E-state index contributed by atoms with van der Waals surface area (Å²) >= 11 is 2.81. The van der Waals surface area contributed by atoms with Crippen molar-refractivity contribution < 1.29 is 27.9 Å². The third-order valence-corrected chi connectivity index (χ3v) is 6.61. The van der Waals surface area contributed by atoms with E-state index in [2.05, 4.69) is 27.9 Å². The number of thioether (sulfide) groups is 1. The Morgan fingerprint density at radius 1 is 1.06 bits per heavy atom. The van der Waals surface area contributed by atoms with E-state index in [4.69, 9.17) is 4.74 Å². The molecule has 35 heavy (non-hydrogen) atoms. The van der Waals surface area contributed by atoms with Crippen molar-refractivity contribution in [3.8, 4) is 5.75 Å². The molecule has 0 radical (unpaired) electrons. The predicted molar refractivity (Wildman–Crippen MR) is 138 cm³/mol. The van der Waals surface area contributed by atoms with Crippen LogP contribution >= 0.6 is 34.4 Å². The van der Waals surface area contributed by atoms with Crippen molar-refractivity contribution in [1.82, 2.24) is 4.90 Å². The first-order valence-corrected chi connectivity index (χ1v) is 12.2. The second kappa shape index (κ2) is 11.0. The summed E-state index contributed by atoms with van der Waals surface area (Å²) in [6, 6.07) is 17.0. The van der Waals surface area contributed by atoms with Crippen LogP contribution in [-0.2, 0) is 16.2 Å². The van der Waals surface area contributed by atoms with E-state index < -0.39 is 29.4 Å². The van der Waals surface area contributed by atoms with Gasteiger partial charge < -0.3 is 10.1 Å². The molecule has 3 aromatic carbocycles. The minimum absolute atomic E-state index is 0.0331. The standard InChI is InChI=1S/C25H17F2IN2O4S/c26-17-5-3-4-16(10-17)14-34-21-9-8-15(11-19(21)28)12-22-24(32)30(25(33)35-22)13-23(31)29-20-7-2-1-6-18(20)27/h1-12H,13-14H2,(H,29,31)/b22-12-. The van der Waals surface area contributed by atoms with Gasteiger partial charge in [0.2, 0.25) is 5.91 Å². The fraction of sp³-hybridized carbons (Fsp3) is 0.0800. The lowest BCUT2D eigenvalue weighted by Crippen LogP contribution is -2.36. The van der Waals surface area contributed by atoms with E-state index in [1.807, 2.05) is 0 Å². The minimum Gasteiger partial charge on any atom is -0.488 e. The molecular weight excluding hydrogens is 589 g/mol. The summed E-state index contributed by atoms with van der Waals surface area (Å²) < 4.78 is 33.6. The summed E-state index contributed by atoms with van der Waals surface area (Å²) in [6.45, 7) is -0.332. The van der Waals surface area contributed by atoms with E-state index in [0.717, 1.165) is 20.2 Å². The summed E-state index contributed by atoms with van der Waals surface area (Å²) in [4.78, 5) is 38.3. The maximum Gasteiger partial charge on any atom is 0.294 e. The fourth-order valence-corrected chi connectivity index (χ4v) is 4.73. The Hall–Kier alpha value is -3.25. The molecule has 0 unspecified atom stereocenters. The normalized spacial score (nSPS) is 14.5. The van der Waals surface area contributed by atoms with Crippen molar-refractivity contribution in [1.29, 1.82) is 0 Å². The molecule has 3 aromatic rings. The molecule has 4 rings (SSSR count). The van der Waals surface area contributed by atoms with Crippen LogP contribution in [0.2, 0.25) is 0 Å². The smallest absolute Gasteiger partial charge is 0.294 e. The zero-order valence-electron chi connectivity index (χ0n) is 18.0. The Morgan fingerprint density at radius 2 is 1.86 bits per heavy atom. The highest BCUT2D eigenvalue weighted by Crippen LogP contribution is 2.33. The van der Waals surface area contributed by atoms with Crippen LogP contribution in [0.3, 0.4) is 0 Å². The molecule has 3 amide bonds. The van der Waals surface area contributed by atoms with Gasteiger partial charge in [0, 0.05) is 0 Å². The zero-order chi connectivity index (χ0) is 24.9. The van der Waals surface area contributed by atoms with Crippen molar-refractivity contribution in [2.75, 3.05) is 11.9 Å². The molecule has 1 N–H and O–H groups in total. The monoisotopic (exact) mass is 606 g/mol. The number of carbonyl (C=O) groups excluding carboxylic acids is 3. The van der Waals surface area contributed by atoms with Gasteiger partial charge in [0.15, 0.2) is 0 Å². The van der Waals surface area contributed by atoms with Crippen molar-refractivity contribution >= 4 is 63.2 Å². The van der Waals surface area contributed by atoms with Gasteiger partial charge in [0.1, 0.15) is 30.5 Å². The number of imide groups is 1. The highest BCUT2D eigenvalue weighted by Gasteiger charge is 2.36. The maximum atomic E-state index is 13.7. The molecule has 0 bridgehead atoms. The quantitative estimate of drug-likeness (QED) is 0.271. The van der Waals surface area contributed by atoms with E-state index in [1.165, 1.54) is 30.3 Å². The largest absolute Gasteiger partial charge is 0.488 e. The number of hydrogen-bond donors (Lipinski definition) is 1. The molecule has 1 aliphatic heterocycles. The first-order chi connectivity index (χ1) is 16.8. The number of rotatable bonds is 7. The van der Waals surface area contributed by atoms with Gasteiger partial charge in [0.05, 0.1) is 14.2 Å². The first kappa shape index (κ1) is 24.9. The number of nitrogens with zero attached hydrogens (tertiary/aromatic N) is 1. The Kier molecular flexibility index (Phi) is 7.81. The number of halogens is 3. The summed E-state index contributed by atoms with van der Waals surface area (Å²) in [5.41, 5.74) is 1.32. The highest BCUT2D eigenvalue weighted by molar-refractivity contribution is 14.1. The summed E-state index contributed by atoms with van der Waals surface area (Å²) in [5, 5.41) is 1.77. The van der Waals surface area contributed by atoms with Crippen molar-refractivity contribution in [2.45, 2.75) is 6.61 Å². The molecule has 1 saturated heterocycles. The van der Waals surface area contributed by atoms with Crippen molar-refractivity contribution in [3.05, 3.63) is 98.0 Å². The third-order valence-electron chi connectivity index (χ3n) is 4.86. The third kappa shape index (κ3) is 6.25. The van der Waals surface area contributed by atoms with Gasteiger partial charge in [0.25, 0.3) is 11.1 Å². The second-order valence-electron chi connectivity index (χ2n) is 7.40. The first-order valence-electron chi connectivity index (χ1n) is 10.3. The lowest BCUT2D eigenvalue weighted by molar-refractivity contribution is -0.127. The lowest BCUT2D eigenvalue weighted by atomic mass is 10.2. The number of hydrogen-bond acceptors (Lipinski definition) is 5. The number of carbonyl (C=O) groups is 3. The van der Waals surface area contributed by atoms with Crippen molar-refractivity contribution in [2.24, 2.45) is 0 Å². The molecule has 1 aliphatic rings. The van der Waals surface area contributed by atoms with Gasteiger partial charge in [-0.05, 0) is 88.0 Å². The number of benzene rings is 3. The van der Waals surface area contributed by atoms with Crippen LogP contribution < -0.4 is 10.1 Å². The summed E-state index contributed by atoms with van der Waals surface area (Å²) in [7, 11) is 0. The van der Waals surface area contributed by atoms with Crippen LogP contribution in [0.4, 0.5) is 19.3 Å². The zero-order valence-corrected chi connectivity index (χ0v) is 20.9. The number of amides is 3. The Labute approximate surface area is 217 Å². The highest BCUT2D eigenvalue weighted by atomic mass is 127. The molecule has 0 saturated carbocycles. The van der Waals surface area contributed by atoms with E-state index in [9.17, 15) is 23.2 Å². The van der Waals surface area contributed by atoms with Gasteiger partial charge in [-0.15, -0.1) is 0 Å².